The molecule has 6 aromatic rings. The van der Waals surface area contributed by atoms with E-state index in [9.17, 15) is 14.7 Å². The monoisotopic (exact) mass is 583 g/mol. The molecule has 8 nitrogen and oxygen atoms in total. The number of carbonyl (C=O) groups excluding carboxylic acids is 1. The van der Waals surface area contributed by atoms with E-state index in [1.54, 1.807) is 55.5 Å². The largest absolute Gasteiger partial charge is 0.478 e. The minimum absolute atomic E-state index is 0.188. The number of anilines is 1. The maximum absolute atomic E-state index is 13.1. The molecule has 6 rings (SSSR count). The van der Waals surface area contributed by atoms with Crippen LogP contribution in [0.25, 0.3) is 44.7 Å². The molecule has 2 aromatic heterocycles. The van der Waals surface area contributed by atoms with Crippen LogP contribution in [0.2, 0.25) is 0 Å². The van der Waals surface area contributed by atoms with Gasteiger partial charge >= 0.3 is 5.97 Å². The highest BCUT2D eigenvalue weighted by Gasteiger charge is 2.20. The van der Waals surface area contributed by atoms with Crippen molar-refractivity contribution in [1.29, 1.82) is 0 Å². The van der Waals surface area contributed by atoms with E-state index in [1.165, 1.54) is 11.8 Å². The number of carboxylic acids is 1. The van der Waals surface area contributed by atoms with Crippen LogP contribution in [0.4, 0.5) is 5.69 Å². The zero-order valence-corrected chi connectivity index (χ0v) is 23.8. The summed E-state index contributed by atoms with van der Waals surface area (Å²) in [7, 11) is 0. The summed E-state index contributed by atoms with van der Waals surface area (Å²) in [5.74, 6) is -1.23. The second kappa shape index (κ2) is 12.2. The number of pyridine rings is 1. The lowest BCUT2D eigenvalue weighted by molar-refractivity contribution is -0.115. The molecule has 0 saturated heterocycles. The number of rotatable bonds is 8. The van der Waals surface area contributed by atoms with Gasteiger partial charge < -0.3 is 10.4 Å². The predicted octanol–water partition coefficient (Wildman–Crippen LogP) is 7.24. The average Bonchev–Trinajstić information content (AvgIpc) is 3.05. The Balaban J connectivity index is 1.19. The molecule has 1 unspecified atom stereocenters. The highest BCUT2D eigenvalue weighted by atomic mass is 32.2. The summed E-state index contributed by atoms with van der Waals surface area (Å²) < 4.78 is 0. The van der Waals surface area contributed by atoms with E-state index < -0.39 is 11.2 Å². The quantitative estimate of drug-likeness (QED) is 0.180. The molecule has 0 radical (unpaired) electrons. The molecular formula is C34H25N5O3S. The number of aromatic nitrogens is 4. The molecule has 1 amide bonds. The minimum Gasteiger partial charge on any atom is -0.478 e. The van der Waals surface area contributed by atoms with Crippen molar-refractivity contribution in [3.63, 3.8) is 0 Å². The van der Waals surface area contributed by atoms with Gasteiger partial charge in [-0.25, -0.2) is 14.8 Å². The zero-order chi connectivity index (χ0) is 29.8. The van der Waals surface area contributed by atoms with E-state index in [4.69, 9.17) is 4.98 Å². The molecule has 0 aliphatic heterocycles. The van der Waals surface area contributed by atoms with Crippen molar-refractivity contribution in [2.24, 2.45) is 0 Å². The third-order valence-electron chi connectivity index (χ3n) is 6.81. The second-order valence-corrected chi connectivity index (χ2v) is 11.0. The number of amides is 1. The van der Waals surface area contributed by atoms with Crippen molar-refractivity contribution in [2.75, 3.05) is 5.32 Å². The van der Waals surface area contributed by atoms with E-state index in [1.807, 2.05) is 66.7 Å². The van der Waals surface area contributed by atoms with Gasteiger partial charge in [-0.15, -0.1) is 10.2 Å². The molecule has 210 valence electrons. The van der Waals surface area contributed by atoms with E-state index in [2.05, 4.69) is 20.5 Å². The summed E-state index contributed by atoms with van der Waals surface area (Å²) in [5.41, 5.74) is 5.85. The Morgan fingerprint density at radius 1 is 0.721 bits per heavy atom. The maximum atomic E-state index is 13.1. The summed E-state index contributed by atoms with van der Waals surface area (Å²) in [6, 6.07) is 35.4. The van der Waals surface area contributed by atoms with Crippen molar-refractivity contribution in [3.05, 3.63) is 121 Å². The molecule has 0 aliphatic rings. The van der Waals surface area contributed by atoms with Crippen LogP contribution in [-0.2, 0) is 4.79 Å². The van der Waals surface area contributed by atoms with Crippen LogP contribution >= 0.6 is 11.8 Å². The van der Waals surface area contributed by atoms with Gasteiger partial charge in [0.1, 0.15) is 11.4 Å². The van der Waals surface area contributed by atoms with Gasteiger partial charge in [0.05, 0.1) is 22.0 Å². The van der Waals surface area contributed by atoms with Crippen LogP contribution < -0.4 is 5.32 Å². The summed E-state index contributed by atoms with van der Waals surface area (Å²) in [4.78, 5) is 34.4. The van der Waals surface area contributed by atoms with Crippen molar-refractivity contribution in [3.8, 4) is 33.8 Å². The fourth-order valence-corrected chi connectivity index (χ4v) is 5.34. The predicted molar refractivity (Wildman–Crippen MR) is 169 cm³/mol. The normalized spacial score (nSPS) is 11.7. The van der Waals surface area contributed by atoms with Crippen LogP contribution in [-0.4, -0.2) is 42.4 Å². The number of benzene rings is 4. The standard InChI is InChI=1S/C34H25N5O3S/c1-21(43-34-37-30(23-10-4-2-5-11-23)31(38-39-34)24-12-6-3-7-13-24)32(40)35-25-18-16-22(17-19-25)29-20-27(33(41)42)26-14-8-9-15-28(26)36-29/h2-21H,1H3,(H,35,40)(H,41,42). The molecular weight excluding hydrogens is 558 g/mol. The van der Waals surface area contributed by atoms with E-state index in [0.717, 1.165) is 16.7 Å². The summed E-state index contributed by atoms with van der Waals surface area (Å²) >= 11 is 1.23. The average molecular weight is 584 g/mol. The lowest BCUT2D eigenvalue weighted by Crippen LogP contribution is -2.22. The van der Waals surface area contributed by atoms with Gasteiger partial charge in [0.25, 0.3) is 0 Å². The van der Waals surface area contributed by atoms with Gasteiger partial charge in [0, 0.05) is 27.8 Å². The Morgan fingerprint density at radius 2 is 1.35 bits per heavy atom. The van der Waals surface area contributed by atoms with Crippen molar-refractivity contribution in [1.82, 2.24) is 20.2 Å². The second-order valence-electron chi connectivity index (χ2n) is 9.73. The molecule has 43 heavy (non-hydrogen) atoms. The first-order valence-corrected chi connectivity index (χ1v) is 14.4. The molecule has 2 N–H and O–H groups in total. The molecule has 0 aliphatic carbocycles. The summed E-state index contributed by atoms with van der Waals surface area (Å²) in [6.45, 7) is 1.79. The number of nitrogens with one attached hydrogen (secondary N) is 1. The number of hydrogen-bond donors (Lipinski definition) is 2. The molecule has 0 bridgehead atoms. The van der Waals surface area contributed by atoms with E-state index in [-0.39, 0.29) is 11.5 Å². The van der Waals surface area contributed by atoms with Gasteiger partial charge in [0.15, 0.2) is 0 Å². The number of aromatic carboxylic acids is 1. The van der Waals surface area contributed by atoms with Crippen LogP contribution in [0.15, 0.2) is 120 Å². The fourth-order valence-electron chi connectivity index (χ4n) is 4.63. The number of nitrogens with zero attached hydrogens (tertiary/aromatic N) is 4. The van der Waals surface area contributed by atoms with Crippen molar-refractivity contribution in [2.45, 2.75) is 17.3 Å². The Labute approximate surface area is 251 Å². The lowest BCUT2D eigenvalue weighted by Gasteiger charge is -2.13. The molecule has 9 heteroatoms. The minimum atomic E-state index is -1.01. The molecule has 0 fully saturated rings. The number of thioether (sulfide) groups is 1. The maximum Gasteiger partial charge on any atom is 0.336 e. The van der Waals surface area contributed by atoms with Crippen LogP contribution in [0.5, 0.6) is 0 Å². The fraction of sp³-hybridized carbons (Fsp3) is 0.0588. The Morgan fingerprint density at radius 3 is 2.02 bits per heavy atom. The van der Waals surface area contributed by atoms with Gasteiger partial charge in [-0.3, -0.25) is 4.79 Å². The van der Waals surface area contributed by atoms with E-state index >= 15 is 0 Å². The van der Waals surface area contributed by atoms with Crippen LogP contribution in [0.1, 0.15) is 17.3 Å². The zero-order valence-electron chi connectivity index (χ0n) is 23.0. The van der Waals surface area contributed by atoms with Gasteiger partial charge in [-0.05, 0) is 31.2 Å². The number of para-hydroxylation sites is 1. The molecule has 1 atom stereocenters. The molecule has 0 spiro atoms. The SMILES string of the molecule is CC(Sc1nnc(-c2ccccc2)c(-c2ccccc2)n1)C(=O)Nc1ccc(-c2cc(C(=O)O)c3ccccc3n2)cc1. The Kier molecular flexibility index (Phi) is 7.88. The Bertz CT molecular complexity index is 1930. The van der Waals surface area contributed by atoms with Crippen molar-refractivity contribution < 1.29 is 14.7 Å². The van der Waals surface area contributed by atoms with Crippen LogP contribution in [0, 0.1) is 0 Å². The number of carbonyl (C=O) groups is 2. The van der Waals surface area contributed by atoms with Gasteiger partial charge in [-0.2, -0.15) is 0 Å². The molecule has 4 aromatic carbocycles. The number of hydrogen-bond acceptors (Lipinski definition) is 7. The summed E-state index contributed by atoms with van der Waals surface area (Å²) in [6.07, 6.45) is 0. The van der Waals surface area contributed by atoms with Crippen LogP contribution in [0.3, 0.4) is 0 Å². The highest BCUT2D eigenvalue weighted by Crippen LogP contribution is 2.31. The number of fused-ring (bicyclic) bond motifs is 1. The van der Waals surface area contributed by atoms with E-state index in [0.29, 0.717) is 38.8 Å². The third-order valence-corrected chi connectivity index (χ3v) is 7.76. The first kappa shape index (κ1) is 27.7. The summed E-state index contributed by atoms with van der Waals surface area (Å²) in [5, 5.41) is 21.9. The Hall–Kier alpha value is -5.41. The van der Waals surface area contributed by atoms with Gasteiger partial charge in [0.2, 0.25) is 11.1 Å². The lowest BCUT2D eigenvalue weighted by atomic mass is 10.0. The van der Waals surface area contributed by atoms with Gasteiger partial charge in [-0.1, -0.05) is 103 Å². The smallest absolute Gasteiger partial charge is 0.336 e. The third kappa shape index (κ3) is 6.12. The first-order valence-electron chi connectivity index (χ1n) is 13.5. The topological polar surface area (TPSA) is 118 Å². The highest BCUT2D eigenvalue weighted by molar-refractivity contribution is 8.00. The first-order chi connectivity index (χ1) is 21.0. The molecule has 0 saturated carbocycles. The van der Waals surface area contributed by atoms with Crippen molar-refractivity contribution >= 4 is 40.2 Å². The molecule has 2 heterocycles. The number of carboxylic acid groups (broad SMARTS) is 1.